The van der Waals surface area contributed by atoms with Crippen LogP contribution in [0.2, 0.25) is 0 Å². The summed E-state index contributed by atoms with van der Waals surface area (Å²) in [7, 11) is 0. The second-order valence-electron chi connectivity index (χ2n) is 6.54. The number of carbonyl (C=O) groups is 1. The minimum Gasteiger partial charge on any atom is -0.353 e. The zero-order chi connectivity index (χ0) is 16.5. The first kappa shape index (κ1) is 15.3. The average molecular weight is 329 g/mol. The van der Waals surface area contributed by atoms with Crippen molar-refractivity contribution in [1.29, 1.82) is 0 Å². The summed E-state index contributed by atoms with van der Waals surface area (Å²) in [4.78, 5) is 25.4. The van der Waals surface area contributed by atoms with Crippen LogP contribution in [0.1, 0.15) is 25.0 Å². The summed E-state index contributed by atoms with van der Waals surface area (Å²) < 4.78 is 1.77. The number of nitrogens with one attached hydrogen (secondary N) is 1. The van der Waals surface area contributed by atoms with E-state index >= 15 is 0 Å². The maximum absolute atomic E-state index is 12.6. The Balaban J connectivity index is 1.45. The molecule has 2 aliphatic rings. The lowest BCUT2D eigenvalue weighted by Crippen LogP contribution is -2.55. The lowest BCUT2D eigenvalue weighted by molar-refractivity contribution is -0.134. The van der Waals surface area contributed by atoms with Crippen molar-refractivity contribution < 1.29 is 4.79 Å². The number of piperazine rings is 1. The number of aryl methyl sites for hydroxylation is 1. The Morgan fingerprint density at radius 2 is 2.08 bits per heavy atom. The Morgan fingerprint density at radius 1 is 1.25 bits per heavy atom. The monoisotopic (exact) mass is 329 g/mol. The van der Waals surface area contributed by atoms with E-state index in [1.54, 1.807) is 4.52 Å². The van der Waals surface area contributed by atoms with E-state index in [0.29, 0.717) is 5.78 Å². The van der Waals surface area contributed by atoms with Crippen molar-refractivity contribution >= 4 is 17.5 Å². The van der Waals surface area contributed by atoms with Crippen LogP contribution in [-0.2, 0) is 4.79 Å². The largest absolute Gasteiger partial charge is 0.353 e. The zero-order valence-corrected chi connectivity index (χ0v) is 14.0. The number of rotatable bonds is 2. The van der Waals surface area contributed by atoms with Crippen LogP contribution in [0.25, 0.3) is 5.78 Å². The second kappa shape index (κ2) is 6.35. The number of amides is 1. The van der Waals surface area contributed by atoms with E-state index in [4.69, 9.17) is 0 Å². The van der Waals surface area contributed by atoms with Gasteiger partial charge < -0.3 is 15.1 Å². The van der Waals surface area contributed by atoms with Crippen LogP contribution in [0.15, 0.2) is 12.4 Å². The Bertz CT molecular complexity index is 729. The van der Waals surface area contributed by atoms with Gasteiger partial charge in [-0.3, -0.25) is 4.79 Å². The van der Waals surface area contributed by atoms with Gasteiger partial charge in [-0.25, -0.2) is 4.98 Å². The number of carbonyl (C=O) groups excluding carboxylic acids is 1. The maximum Gasteiger partial charge on any atom is 0.254 e. The Labute approximate surface area is 140 Å². The highest BCUT2D eigenvalue weighted by Crippen LogP contribution is 2.19. The van der Waals surface area contributed by atoms with Gasteiger partial charge in [0.2, 0.25) is 5.91 Å². The molecule has 0 radical (unpaired) electrons. The molecule has 8 nitrogen and oxygen atoms in total. The lowest BCUT2D eigenvalue weighted by Gasteiger charge is -2.38. The molecule has 0 saturated carbocycles. The van der Waals surface area contributed by atoms with Crippen LogP contribution in [0.5, 0.6) is 0 Å². The summed E-state index contributed by atoms with van der Waals surface area (Å²) in [5.74, 6) is 1.87. The van der Waals surface area contributed by atoms with Gasteiger partial charge in [-0.1, -0.05) is 6.42 Å². The Morgan fingerprint density at radius 3 is 2.83 bits per heavy atom. The molecule has 2 saturated heterocycles. The molecular weight excluding hydrogens is 306 g/mol. The molecule has 2 aromatic heterocycles. The number of aromatic nitrogens is 4. The van der Waals surface area contributed by atoms with Gasteiger partial charge in [0.15, 0.2) is 0 Å². The van der Waals surface area contributed by atoms with Crippen molar-refractivity contribution in [2.75, 3.05) is 37.6 Å². The normalized spacial score (nSPS) is 22.1. The van der Waals surface area contributed by atoms with Crippen LogP contribution < -0.4 is 10.2 Å². The summed E-state index contributed by atoms with van der Waals surface area (Å²) in [5, 5.41) is 7.63. The van der Waals surface area contributed by atoms with Crippen LogP contribution in [-0.4, -0.2) is 69.2 Å². The van der Waals surface area contributed by atoms with Crippen molar-refractivity contribution in [3.63, 3.8) is 0 Å². The number of piperidine rings is 1. The van der Waals surface area contributed by atoms with Crippen molar-refractivity contribution in [3.05, 3.63) is 18.1 Å². The number of fused-ring (bicyclic) bond motifs is 1. The van der Waals surface area contributed by atoms with Gasteiger partial charge in [-0.05, 0) is 26.3 Å². The molecule has 4 heterocycles. The predicted octanol–water partition coefficient (Wildman–Crippen LogP) is 0.223. The SMILES string of the molecule is Cc1cc(N2CCN(C(=O)[C@H]3CCCCN3)CC2)n2ncnc2n1. The summed E-state index contributed by atoms with van der Waals surface area (Å²) in [6, 6.07) is 2.04. The standard InChI is InChI=1S/C16H23N7O/c1-12-10-14(23-16(20-12)18-11-19-23)21-6-8-22(9-7-21)15(24)13-4-2-3-5-17-13/h10-11,13,17H,2-9H2,1H3/t13-/m1/s1. The fourth-order valence-electron chi connectivity index (χ4n) is 3.58. The zero-order valence-electron chi connectivity index (χ0n) is 14.0. The van der Waals surface area contributed by atoms with Crippen molar-refractivity contribution in [2.45, 2.75) is 32.2 Å². The van der Waals surface area contributed by atoms with Gasteiger partial charge in [0, 0.05) is 37.9 Å². The molecule has 2 aliphatic heterocycles. The lowest BCUT2D eigenvalue weighted by atomic mass is 10.0. The van der Waals surface area contributed by atoms with E-state index in [9.17, 15) is 4.79 Å². The van der Waals surface area contributed by atoms with Gasteiger partial charge in [0.25, 0.3) is 5.78 Å². The first-order chi connectivity index (χ1) is 11.7. The van der Waals surface area contributed by atoms with E-state index in [1.165, 1.54) is 12.7 Å². The molecule has 0 bridgehead atoms. The summed E-state index contributed by atoms with van der Waals surface area (Å²) in [6.45, 7) is 6.01. The van der Waals surface area contributed by atoms with Crippen LogP contribution in [0.4, 0.5) is 5.82 Å². The van der Waals surface area contributed by atoms with E-state index in [0.717, 1.165) is 57.1 Å². The summed E-state index contributed by atoms with van der Waals surface area (Å²) in [6.07, 6.45) is 4.80. The second-order valence-corrected chi connectivity index (χ2v) is 6.54. The highest BCUT2D eigenvalue weighted by molar-refractivity contribution is 5.82. The maximum atomic E-state index is 12.6. The smallest absolute Gasteiger partial charge is 0.254 e. The topological polar surface area (TPSA) is 78.7 Å². The Hall–Kier alpha value is -2.22. The fourth-order valence-corrected chi connectivity index (χ4v) is 3.58. The molecule has 1 amide bonds. The third-order valence-electron chi connectivity index (χ3n) is 4.88. The van der Waals surface area contributed by atoms with Gasteiger partial charge in [-0.15, -0.1) is 0 Å². The van der Waals surface area contributed by atoms with E-state index in [1.807, 2.05) is 17.9 Å². The van der Waals surface area contributed by atoms with Crippen molar-refractivity contribution in [3.8, 4) is 0 Å². The first-order valence-corrected chi connectivity index (χ1v) is 8.67. The third-order valence-corrected chi connectivity index (χ3v) is 4.88. The molecule has 128 valence electrons. The van der Waals surface area contributed by atoms with E-state index < -0.39 is 0 Å². The van der Waals surface area contributed by atoms with Gasteiger partial charge >= 0.3 is 0 Å². The number of hydrogen-bond acceptors (Lipinski definition) is 6. The number of anilines is 1. The highest BCUT2D eigenvalue weighted by atomic mass is 16.2. The van der Waals surface area contributed by atoms with Crippen LogP contribution >= 0.6 is 0 Å². The molecule has 1 atom stereocenters. The van der Waals surface area contributed by atoms with Gasteiger partial charge in [-0.2, -0.15) is 14.6 Å². The molecule has 0 aliphatic carbocycles. The molecule has 2 fully saturated rings. The van der Waals surface area contributed by atoms with Gasteiger partial charge in [0.05, 0.1) is 6.04 Å². The number of hydrogen-bond donors (Lipinski definition) is 1. The molecule has 0 aromatic carbocycles. The quantitative estimate of drug-likeness (QED) is 0.849. The predicted molar refractivity (Wildman–Crippen MR) is 90.0 cm³/mol. The van der Waals surface area contributed by atoms with E-state index in [-0.39, 0.29) is 11.9 Å². The summed E-state index contributed by atoms with van der Waals surface area (Å²) in [5.41, 5.74) is 0.926. The molecule has 0 spiro atoms. The molecule has 1 N–H and O–H groups in total. The molecule has 2 aromatic rings. The fraction of sp³-hybridized carbons (Fsp3) is 0.625. The minimum absolute atomic E-state index is 0.00971. The van der Waals surface area contributed by atoms with Crippen molar-refractivity contribution in [1.82, 2.24) is 29.8 Å². The Kier molecular flexibility index (Phi) is 4.05. The average Bonchev–Trinajstić information content (AvgIpc) is 3.09. The molecule has 24 heavy (non-hydrogen) atoms. The first-order valence-electron chi connectivity index (χ1n) is 8.67. The third kappa shape index (κ3) is 2.82. The van der Waals surface area contributed by atoms with Crippen molar-refractivity contribution in [2.24, 2.45) is 0 Å². The van der Waals surface area contributed by atoms with E-state index in [2.05, 4.69) is 25.3 Å². The molecule has 4 rings (SSSR count). The molecular formula is C16H23N7O. The van der Waals surface area contributed by atoms with Crippen LogP contribution in [0.3, 0.4) is 0 Å². The highest BCUT2D eigenvalue weighted by Gasteiger charge is 2.29. The number of nitrogens with zero attached hydrogens (tertiary/aromatic N) is 6. The molecule has 8 heteroatoms. The summed E-state index contributed by atoms with van der Waals surface area (Å²) >= 11 is 0. The molecule has 0 unspecified atom stereocenters. The van der Waals surface area contributed by atoms with Crippen LogP contribution in [0, 0.1) is 6.92 Å². The van der Waals surface area contributed by atoms with Gasteiger partial charge in [0.1, 0.15) is 12.1 Å². The minimum atomic E-state index is 0.00971.